The molecule has 0 spiro atoms. The van der Waals surface area contributed by atoms with Crippen LogP contribution in [0, 0.1) is 5.92 Å². The van der Waals surface area contributed by atoms with Crippen molar-refractivity contribution in [1.82, 2.24) is 4.98 Å². The monoisotopic (exact) mass is 220 g/mol. The molecule has 1 N–H and O–H groups in total. The molecule has 1 heterocycles. The van der Waals surface area contributed by atoms with Gasteiger partial charge >= 0.3 is 0 Å². The number of nitrogens with one attached hydrogen (secondary N) is 1. The van der Waals surface area contributed by atoms with Gasteiger partial charge in [-0.1, -0.05) is 6.42 Å². The molecule has 2 rings (SSSR count). The van der Waals surface area contributed by atoms with Gasteiger partial charge < -0.3 is 10.1 Å². The molecule has 1 aliphatic carbocycles. The van der Waals surface area contributed by atoms with Crippen LogP contribution in [0.2, 0.25) is 0 Å². The van der Waals surface area contributed by atoms with Crippen molar-refractivity contribution in [3.05, 3.63) is 18.3 Å². The maximum atomic E-state index is 5.70. The Bertz CT molecular complexity index is 334. The summed E-state index contributed by atoms with van der Waals surface area (Å²) in [6.07, 6.45) is 6.06. The fraction of sp³-hybridized carbons (Fsp3) is 0.615. The van der Waals surface area contributed by atoms with E-state index < -0.39 is 0 Å². The Balaban J connectivity index is 1.94. The summed E-state index contributed by atoms with van der Waals surface area (Å²) in [5, 5.41) is 3.38. The first-order valence-electron chi connectivity index (χ1n) is 6.11. The zero-order valence-electron chi connectivity index (χ0n) is 10.1. The number of ether oxygens (including phenoxy) is 1. The summed E-state index contributed by atoms with van der Waals surface area (Å²) in [5.41, 5.74) is 0. The van der Waals surface area contributed by atoms with Gasteiger partial charge in [0.15, 0.2) is 11.6 Å². The second-order valence-corrected chi connectivity index (χ2v) is 4.69. The highest BCUT2D eigenvalue weighted by Gasteiger charge is 2.17. The van der Waals surface area contributed by atoms with E-state index >= 15 is 0 Å². The number of aromatic nitrogens is 1. The van der Waals surface area contributed by atoms with E-state index in [1.165, 1.54) is 19.3 Å². The molecule has 3 nitrogen and oxygen atoms in total. The number of rotatable bonds is 5. The Morgan fingerprint density at radius 1 is 1.50 bits per heavy atom. The van der Waals surface area contributed by atoms with Gasteiger partial charge in [-0.2, -0.15) is 0 Å². The molecule has 0 bridgehead atoms. The highest BCUT2D eigenvalue weighted by molar-refractivity contribution is 5.49. The SMILES string of the molecule is CC(C)Oc1cccnc1NCC1CCC1. The molecular weight excluding hydrogens is 200 g/mol. The lowest BCUT2D eigenvalue weighted by molar-refractivity contribution is 0.242. The Labute approximate surface area is 97.2 Å². The van der Waals surface area contributed by atoms with Crippen molar-refractivity contribution in [2.24, 2.45) is 5.92 Å². The van der Waals surface area contributed by atoms with Crippen LogP contribution in [-0.4, -0.2) is 17.6 Å². The minimum absolute atomic E-state index is 0.188. The topological polar surface area (TPSA) is 34.1 Å². The Kier molecular flexibility index (Phi) is 3.65. The lowest BCUT2D eigenvalue weighted by atomic mass is 9.85. The molecule has 0 saturated heterocycles. The van der Waals surface area contributed by atoms with Crippen LogP contribution >= 0.6 is 0 Å². The molecule has 88 valence electrons. The number of hydrogen-bond acceptors (Lipinski definition) is 3. The summed E-state index contributed by atoms with van der Waals surface area (Å²) in [7, 11) is 0. The van der Waals surface area contributed by atoms with Crippen LogP contribution in [-0.2, 0) is 0 Å². The third-order valence-electron chi connectivity index (χ3n) is 2.92. The highest BCUT2D eigenvalue weighted by Crippen LogP contribution is 2.28. The van der Waals surface area contributed by atoms with Crippen LogP contribution in [0.25, 0.3) is 0 Å². The van der Waals surface area contributed by atoms with Gasteiger partial charge in [0.2, 0.25) is 0 Å². The fourth-order valence-electron chi connectivity index (χ4n) is 1.81. The number of hydrogen-bond donors (Lipinski definition) is 1. The van der Waals surface area contributed by atoms with Crippen molar-refractivity contribution in [3.8, 4) is 5.75 Å². The largest absolute Gasteiger partial charge is 0.487 e. The summed E-state index contributed by atoms with van der Waals surface area (Å²) in [6.45, 7) is 5.08. The molecule has 0 unspecified atom stereocenters. The molecule has 1 aliphatic rings. The molecule has 0 atom stereocenters. The third-order valence-corrected chi connectivity index (χ3v) is 2.92. The van der Waals surface area contributed by atoms with E-state index in [2.05, 4.69) is 10.3 Å². The Morgan fingerprint density at radius 3 is 2.94 bits per heavy atom. The zero-order valence-corrected chi connectivity index (χ0v) is 10.1. The summed E-state index contributed by atoms with van der Waals surface area (Å²) >= 11 is 0. The zero-order chi connectivity index (χ0) is 11.4. The molecule has 0 aromatic carbocycles. The average Bonchev–Trinajstić information content (AvgIpc) is 2.17. The van der Waals surface area contributed by atoms with Gasteiger partial charge in [-0.25, -0.2) is 4.98 Å². The summed E-state index contributed by atoms with van der Waals surface area (Å²) < 4.78 is 5.70. The Morgan fingerprint density at radius 2 is 2.31 bits per heavy atom. The van der Waals surface area contributed by atoms with Gasteiger partial charge in [-0.15, -0.1) is 0 Å². The van der Waals surface area contributed by atoms with Crippen molar-refractivity contribution in [1.29, 1.82) is 0 Å². The van der Waals surface area contributed by atoms with Crippen molar-refractivity contribution in [3.63, 3.8) is 0 Å². The number of nitrogens with zero attached hydrogens (tertiary/aromatic N) is 1. The quantitative estimate of drug-likeness (QED) is 0.828. The second kappa shape index (κ2) is 5.19. The van der Waals surface area contributed by atoms with Gasteiger partial charge in [-0.3, -0.25) is 0 Å². The predicted molar refractivity (Wildman–Crippen MR) is 65.8 cm³/mol. The van der Waals surface area contributed by atoms with Gasteiger partial charge in [0.05, 0.1) is 6.10 Å². The summed E-state index contributed by atoms with van der Waals surface area (Å²) in [4.78, 5) is 4.33. The summed E-state index contributed by atoms with van der Waals surface area (Å²) in [6, 6.07) is 3.88. The maximum Gasteiger partial charge on any atom is 0.168 e. The number of pyridine rings is 1. The molecular formula is C13H20N2O. The lowest BCUT2D eigenvalue weighted by Crippen LogP contribution is -2.21. The van der Waals surface area contributed by atoms with Crippen molar-refractivity contribution < 1.29 is 4.74 Å². The standard InChI is InChI=1S/C13H20N2O/c1-10(2)16-12-7-4-8-14-13(12)15-9-11-5-3-6-11/h4,7-8,10-11H,3,5-6,9H2,1-2H3,(H,14,15). The number of anilines is 1. The highest BCUT2D eigenvalue weighted by atomic mass is 16.5. The minimum atomic E-state index is 0.188. The van der Waals surface area contributed by atoms with Crippen LogP contribution in [0.4, 0.5) is 5.82 Å². The lowest BCUT2D eigenvalue weighted by Gasteiger charge is -2.26. The second-order valence-electron chi connectivity index (χ2n) is 4.69. The van der Waals surface area contributed by atoms with E-state index in [4.69, 9.17) is 4.74 Å². The average molecular weight is 220 g/mol. The predicted octanol–water partition coefficient (Wildman–Crippen LogP) is 3.08. The third kappa shape index (κ3) is 2.87. The van der Waals surface area contributed by atoms with Crippen molar-refractivity contribution in [2.45, 2.75) is 39.2 Å². The van der Waals surface area contributed by atoms with E-state index in [1.807, 2.05) is 26.0 Å². The van der Waals surface area contributed by atoms with Gasteiger partial charge in [0, 0.05) is 12.7 Å². The van der Waals surface area contributed by atoms with Crippen LogP contribution < -0.4 is 10.1 Å². The first kappa shape index (κ1) is 11.2. The van der Waals surface area contributed by atoms with Gasteiger partial charge in [0.25, 0.3) is 0 Å². The fourth-order valence-corrected chi connectivity index (χ4v) is 1.81. The normalized spacial score (nSPS) is 15.9. The Hall–Kier alpha value is -1.25. The first-order valence-corrected chi connectivity index (χ1v) is 6.11. The van der Waals surface area contributed by atoms with E-state index in [0.29, 0.717) is 0 Å². The maximum absolute atomic E-state index is 5.70. The molecule has 1 aromatic rings. The smallest absolute Gasteiger partial charge is 0.168 e. The van der Waals surface area contributed by atoms with E-state index in [0.717, 1.165) is 24.0 Å². The molecule has 3 heteroatoms. The molecule has 1 saturated carbocycles. The first-order chi connectivity index (χ1) is 7.75. The van der Waals surface area contributed by atoms with Crippen molar-refractivity contribution >= 4 is 5.82 Å². The minimum Gasteiger partial charge on any atom is -0.487 e. The van der Waals surface area contributed by atoms with Crippen LogP contribution in [0.5, 0.6) is 5.75 Å². The molecule has 1 fully saturated rings. The molecule has 0 aliphatic heterocycles. The van der Waals surface area contributed by atoms with E-state index in [1.54, 1.807) is 6.20 Å². The molecule has 0 radical (unpaired) electrons. The molecule has 1 aromatic heterocycles. The molecule has 0 amide bonds. The van der Waals surface area contributed by atoms with E-state index in [-0.39, 0.29) is 6.10 Å². The van der Waals surface area contributed by atoms with Crippen molar-refractivity contribution in [2.75, 3.05) is 11.9 Å². The molecule has 16 heavy (non-hydrogen) atoms. The van der Waals surface area contributed by atoms with E-state index in [9.17, 15) is 0 Å². The van der Waals surface area contributed by atoms with Crippen LogP contribution in [0.1, 0.15) is 33.1 Å². The van der Waals surface area contributed by atoms with Crippen LogP contribution in [0.15, 0.2) is 18.3 Å². The summed E-state index contributed by atoms with van der Waals surface area (Å²) in [5.74, 6) is 2.56. The van der Waals surface area contributed by atoms with Gasteiger partial charge in [0.1, 0.15) is 0 Å². The van der Waals surface area contributed by atoms with Gasteiger partial charge in [-0.05, 0) is 44.7 Å². The van der Waals surface area contributed by atoms with Crippen LogP contribution in [0.3, 0.4) is 0 Å².